The molecule has 0 fully saturated rings. The average Bonchev–Trinajstić information content (AvgIpc) is 1.50. The minimum Gasteiger partial charge on any atom is -1.00 e. The van der Waals surface area contributed by atoms with Crippen molar-refractivity contribution in [2.24, 2.45) is 0 Å². The topological polar surface area (TPSA) is 199 Å². The summed E-state index contributed by atoms with van der Waals surface area (Å²) in [6.07, 6.45) is 30.9. The molecule has 15 aromatic rings. The Labute approximate surface area is 656 Å². The van der Waals surface area contributed by atoms with Crippen LogP contribution in [0.25, 0.3) is 136 Å². The minimum absolute atomic E-state index is 0. The van der Waals surface area contributed by atoms with Gasteiger partial charge in [0.1, 0.15) is 0 Å². The first-order valence-corrected chi connectivity index (χ1v) is 31.4. The third-order valence-electron chi connectivity index (χ3n) is 15.5. The van der Waals surface area contributed by atoms with E-state index < -0.39 is 34.6 Å². The van der Waals surface area contributed by atoms with Crippen molar-refractivity contribution in [3.05, 3.63) is 345 Å². The van der Waals surface area contributed by atoms with Crippen LogP contribution in [-0.4, -0.2) is 74.8 Å². The quantitative estimate of drug-likeness (QED) is 0.0631. The molecule has 0 spiro atoms. The summed E-state index contributed by atoms with van der Waals surface area (Å²) in [6.45, 7) is 0. The Morgan fingerprint density at radius 3 is 0.623 bits per heavy atom. The fourth-order valence-electron chi connectivity index (χ4n) is 10.9. The van der Waals surface area contributed by atoms with Crippen LogP contribution in [0.4, 0.5) is 22.0 Å². The molecule has 0 saturated carbocycles. The zero-order valence-electron chi connectivity index (χ0n) is 55.4. The van der Waals surface area contributed by atoms with Crippen LogP contribution in [0.3, 0.4) is 0 Å². The number of H-pyrrole nitrogens is 2. The predicted molar refractivity (Wildman–Crippen MR) is 384 cm³/mol. The number of benzene rings is 1. The summed E-state index contributed by atoms with van der Waals surface area (Å²) in [6, 6.07) is 64.3. The maximum atomic E-state index is 15.7. The third kappa shape index (κ3) is 19.3. The number of hydrogen-bond acceptors (Lipinski definition) is 13. The summed E-state index contributed by atoms with van der Waals surface area (Å²) in [5, 5.41) is 0. The van der Waals surface area contributed by atoms with Crippen LogP contribution in [0.1, 0.15) is 22.8 Å². The summed E-state index contributed by atoms with van der Waals surface area (Å²) in [5.41, 5.74) is 13.5. The molecule has 2 aliphatic rings. The SMILES string of the molecule is Fc1c(F)c(F)c(-c2c3nc(c(-c4ccncc4)c4ccc([nH]4)c(-c4ccncc4)c4nc(c(-c5ccncc5)c5ccc2[nH]5)C=C4)C=C3)c(F)c1F.[Cl-].[Cl-].[Ru+2].[Ru+2].[Zn+2].c1ccc(-c2ccccn2)nc1.c1ccc(-c2ccccn2)nc1.c1ccc(-c2ccccn2)nc1.c1ccc(-c2ccccn2)nc1. The Bertz CT molecular complexity index is 5010. The number of hydrogen-bond donors (Lipinski definition) is 2. The van der Waals surface area contributed by atoms with Crippen LogP contribution in [0, 0.1) is 29.1 Å². The van der Waals surface area contributed by atoms with Gasteiger partial charge in [0.25, 0.3) is 0 Å². The molecule has 25 heteroatoms. The summed E-state index contributed by atoms with van der Waals surface area (Å²) >= 11 is 0. The molecule has 0 radical (unpaired) electrons. The number of aromatic amines is 2. The van der Waals surface area contributed by atoms with Crippen LogP contribution in [0.15, 0.2) is 293 Å². The van der Waals surface area contributed by atoms with E-state index in [-0.39, 0.29) is 100 Å². The van der Waals surface area contributed by atoms with Crippen molar-refractivity contribution in [3.8, 4) is 90.1 Å². The van der Waals surface area contributed by atoms with Crippen LogP contribution >= 0.6 is 0 Å². The Kier molecular flexibility index (Phi) is 29.9. The van der Waals surface area contributed by atoms with Gasteiger partial charge in [-0.05, 0) is 199 Å². The number of nitrogens with zero attached hydrogens (tertiary/aromatic N) is 13. The number of fused-ring (bicyclic) bond motifs is 8. The van der Waals surface area contributed by atoms with Crippen molar-refractivity contribution >= 4 is 46.4 Å². The Morgan fingerprint density at radius 2 is 0.415 bits per heavy atom. The minimum atomic E-state index is -2.26. The van der Waals surface area contributed by atoms with Crippen LogP contribution in [0.2, 0.25) is 0 Å². The van der Waals surface area contributed by atoms with Crippen molar-refractivity contribution in [1.29, 1.82) is 0 Å². The zero-order valence-corrected chi connectivity index (χ0v) is 63.4. The second-order valence-corrected chi connectivity index (χ2v) is 21.9. The van der Waals surface area contributed by atoms with Gasteiger partial charge in [0.15, 0.2) is 23.3 Å². The molecular formula is C81H54Cl2F5N15Ru2Zn+4. The van der Waals surface area contributed by atoms with Crippen LogP contribution in [0.5, 0.6) is 0 Å². The zero-order chi connectivity index (χ0) is 69.1. The standard InChI is InChI=1S/C41H22F5N7.4C10H8N2.2ClH.2Ru.Zn/c42-37-36(38(43)40(45)41(46)39(37)44)35-30-7-5-28(52-30)33(22-11-17-48-18-12-22)26-3-1-24(50-26)32(21-9-15-47-16-10-21)25-2-4-27(51-25)34(23-13-19-49-20-14-23)29-6-8-31(35)53-29;4*1-3-7-11-9(5-1)10-6-2-4-8-12-10;;;;;/h1-20,50,53H;4*1-8H;2*1H;;;/q;;;;;;;3*+2/p-2. The van der Waals surface area contributed by atoms with Crippen LogP contribution in [-0.2, 0) is 58.4 Å². The van der Waals surface area contributed by atoms with Crippen molar-refractivity contribution in [2.75, 3.05) is 0 Å². The molecular weight excluding hydrogens is 1620 g/mol. The van der Waals surface area contributed by atoms with E-state index in [1.807, 2.05) is 182 Å². The fraction of sp³-hybridized carbons (Fsp3) is 0. The maximum absolute atomic E-state index is 15.7. The van der Waals surface area contributed by atoms with E-state index in [2.05, 4.69) is 64.8 Å². The largest absolute Gasteiger partial charge is 2.00 e. The molecule has 0 saturated heterocycles. The van der Waals surface area contributed by atoms with Gasteiger partial charge in [0.05, 0.1) is 73.9 Å². The second-order valence-electron chi connectivity index (χ2n) is 21.9. The maximum Gasteiger partial charge on any atom is 2.00 e. The number of aromatic nitrogens is 15. The van der Waals surface area contributed by atoms with E-state index in [0.29, 0.717) is 50.4 Å². The first kappa shape index (κ1) is 80.3. The summed E-state index contributed by atoms with van der Waals surface area (Å²) in [5.74, 6) is -10.4. The average molecular weight is 1670 g/mol. The van der Waals surface area contributed by atoms with Crippen molar-refractivity contribution in [1.82, 2.24) is 74.8 Å². The smallest absolute Gasteiger partial charge is 1.00 e. The van der Waals surface area contributed by atoms with Gasteiger partial charge >= 0.3 is 58.4 Å². The molecule has 106 heavy (non-hydrogen) atoms. The summed E-state index contributed by atoms with van der Waals surface area (Å²) in [4.78, 5) is 62.6. The molecule has 14 aromatic heterocycles. The molecule has 2 N–H and O–H groups in total. The third-order valence-corrected chi connectivity index (χ3v) is 15.5. The van der Waals surface area contributed by atoms with Gasteiger partial charge in [-0.25, -0.2) is 31.9 Å². The van der Waals surface area contributed by atoms with Gasteiger partial charge in [-0.2, -0.15) is 0 Å². The predicted octanol–water partition coefficient (Wildman–Crippen LogP) is 12.8. The monoisotopic (exact) mass is 1670 g/mol. The first-order valence-electron chi connectivity index (χ1n) is 31.4. The van der Waals surface area contributed by atoms with E-state index in [1.54, 1.807) is 123 Å². The van der Waals surface area contributed by atoms with Crippen molar-refractivity contribution in [3.63, 3.8) is 0 Å². The molecule has 516 valence electrons. The van der Waals surface area contributed by atoms with Gasteiger partial charge < -0.3 is 34.8 Å². The van der Waals surface area contributed by atoms with Crippen molar-refractivity contribution < 1.29 is 105 Å². The number of pyridine rings is 11. The second kappa shape index (κ2) is 39.4. The molecule has 17 rings (SSSR count). The van der Waals surface area contributed by atoms with E-state index in [9.17, 15) is 13.2 Å². The van der Waals surface area contributed by atoms with Crippen LogP contribution < -0.4 is 24.8 Å². The Hall–Kier alpha value is -11.4. The van der Waals surface area contributed by atoms with E-state index >= 15 is 8.78 Å². The number of rotatable bonds is 8. The van der Waals surface area contributed by atoms with Gasteiger partial charge in [0, 0.05) is 131 Å². The first-order chi connectivity index (χ1) is 49.7. The van der Waals surface area contributed by atoms with E-state index in [4.69, 9.17) is 9.97 Å². The van der Waals surface area contributed by atoms with E-state index in [1.165, 1.54) is 12.1 Å². The van der Waals surface area contributed by atoms with Gasteiger partial charge in [0.2, 0.25) is 5.82 Å². The molecule has 1 aromatic carbocycles. The molecule has 0 atom stereocenters. The number of halogens is 7. The summed E-state index contributed by atoms with van der Waals surface area (Å²) < 4.78 is 75.5. The van der Waals surface area contributed by atoms with Gasteiger partial charge in [-0.15, -0.1) is 0 Å². The van der Waals surface area contributed by atoms with E-state index in [0.717, 1.165) is 62.2 Å². The molecule has 15 nitrogen and oxygen atoms in total. The van der Waals surface area contributed by atoms with Crippen molar-refractivity contribution in [2.45, 2.75) is 0 Å². The number of nitrogens with one attached hydrogen (secondary N) is 2. The molecule has 2 aliphatic heterocycles. The Balaban J connectivity index is 0.000000214. The Morgan fingerprint density at radius 1 is 0.217 bits per heavy atom. The van der Waals surface area contributed by atoms with Gasteiger partial charge in [-0.3, -0.25) is 54.8 Å². The molecule has 16 heterocycles. The molecule has 0 aliphatic carbocycles. The fourth-order valence-corrected chi connectivity index (χ4v) is 10.9. The van der Waals surface area contributed by atoms with Gasteiger partial charge in [-0.1, -0.05) is 48.5 Å². The molecule has 8 bridgehead atoms. The summed E-state index contributed by atoms with van der Waals surface area (Å²) in [7, 11) is 0. The molecule has 0 unspecified atom stereocenters. The molecule has 0 amide bonds. The normalized spacial score (nSPS) is 10.4.